The second-order valence-corrected chi connectivity index (χ2v) is 2.88. The van der Waals surface area contributed by atoms with Crippen LogP contribution >= 0.6 is 12.2 Å². The Morgan fingerprint density at radius 2 is 1.86 bits per heavy atom. The molecule has 0 atom stereocenters. The zero-order chi connectivity index (χ0) is 10.4. The van der Waals surface area contributed by atoms with Gasteiger partial charge in [0.15, 0.2) is 5.11 Å². The number of anilines is 1. The predicted octanol–water partition coefficient (Wildman–Crippen LogP) is 0.161. The summed E-state index contributed by atoms with van der Waals surface area (Å²) in [5, 5.41) is 6.78. The van der Waals surface area contributed by atoms with Crippen LogP contribution < -0.4 is 22.2 Å². The summed E-state index contributed by atoms with van der Waals surface area (Å²) in [6, 6.07) is 9.46. The Labute approximate surface area is 87.2 Å². The molecule has 0 heterocycles. The molecule has 0 saturated heterocycles. The fraction of sp³-hybridized carbons (Fsp3) is 0. The molecule has 0 amide bonds. The van der Waals surface area contributed by atoms with E-state index in [4.69, 9.17) is 23.7 Å². The fourth-order valence-electron chi connectivity index (χ4n) is 0.796. The number of hydrogen-bond donors (Lipinski definition) is 4. The zero-order valence-electron chi connectivity index (χ0n) is 7.40. The van der Waals surface area contributed by atoms with Crippen molar-refractivity contribution in [3.63, 3.8) is 0 Å². The summed E-state index contributed by atoms with van der Waals surface area (Å²) < 4.78 is 0. The molecular weight excluding hydrogens is 198 g/mol. The predicted molar refractivity (Wildman–Crippen MR) is 61.6 cm³/mol. The summed E-state index contributed by atoms with van der Waals surface area (Å²) in [6.07, 6.45) is 0. The number of guanidine groups is 1. The summed E-state index contributed by atoms with van der Waals surface area (Å²) in [5.74, 6) is -0.0674. The van der Waals surface area contributed by atoms with Gasteiger partial charge in [-0.2, -0.15) is 0 Å². The van der Waals surface area contributed by atoms with E-state index in [1.54, 1.807) is 0 Å². The smallest absolute Gasteiger partial charge is 0.208 e. The van der Waals surface area contributed by atoms with Crippen LogP contribution in [0, 0.1) is 0 Å². The fourth-order valence-corrected chi connectivity index (χ4v) is 0.959. The van der Waals surface area contributed by atoms with Crippen LogP contribution in [0.5, 0.6) is 0 Å². The van der Waals surface area contributed by atoms with Crippen LogP contribution in [0.2, 0.25) is 0 Å². The largest absolute Gasteiger partial charge is 0.369 e. The van der Waals surface area contributed by atoms with Crippen molar-refractivity contribution in [3.8, 4) is 0 Å². The summed E-state index contributed by atoms with van der Waals surface area (Å²) in [6.45, 7) is 0. The first-order valence-corrected chi connectivity index (χ1v) is 4.30. The Morgan fingerprint density at radius 3 is 2.43 bits per heavy atom. The van der Waals surface area contributed by atoms with E-state index < -0.39 is 0 Å². The molecule has 0 aliphatic rings. The number of rotatable bonds is 2. The van der Waals surface area contributed by atoms with E-state index in [1.807, 2.05) is 30.3 Å². The topological polar surface area (TPSA) is 88.5 Å². The van der Waals surface area contributed by atoms with Gasteiger partial charge < -0.3 is 16.8 Å². The van der Waals surface area contributed by atoms with Gasteiger partial charge in [-0.15, -0.1) is 5.10 Å². The number of hydrogen-bond acceptors (Lipinski definition) is 2. The van der Waals surface area contributed by atoms with Crippen LogP contribution in [0.25, 0.3) is 0 Å². The van der Waals surface area contributed by atoms with Crippen molar-refractivity contribution in [2.45, 2.75) is 0 Å². The van der Waals surface area contributed by atoms with Gasteiger partial charge in [0.05, 0.1) is 0 Å². The van der Waals surface area contributed by atoms with Gasteiger partial charge in [-0.1, -0.05) is 18.2 Å². The Kier molecular flexibility index (Phi) is 3.69. The Bertz CT molecular complexity index is 331. The molecule has 14 heavy (non-hydrogen) atoms. The van der Waals surface area contributed by atoms with Crippen LogP contribution in [-0.2, 0) is 0 Å². The second-order valence-electron chi connectivity index (χ2n) is 2.47. The number of nitrogens with two attached hydrogens (primary N) is 2. The van der Waals surface area contributed by atoms with Crippen LogP contribution in [0.4, 0.5) is 5.69 Å². The highest BCUT2D eigenvalue weighted by atomic mass is 32.1. The van der Waals surface area contributed by atoms with E-state index in [2.05, 4.69) is 15.8 Å². The Balaban J connectivity index is 2.46. The monoisotopic (exact) mass is 209 g/mol. The second kappa shape index (κ2) is 5.03. The third kappa shape index (κ3) is 3.72. The summed E-state index contributed by atoms with van der Waals surface area (Å²) >= 11 is 4.91. The van der Waals surface area contributed by atoms with Crippen LogP contribution in [0.1, 0.15) is 0 Å². The van der Waals surface area contributed by atoms with Crippen LogP contribution in [0.3, 0.4) is 0 Å². The minimum Gasteiger partial charge on any atom is -0.369 e. The van der Waals surface area contributed by atoms with Gasteiger partial charge >= 0.3 is 0 Å². The lowest BCUT2D eigenvalue weighted by Crippen LogP contribution is -2.31. The lowest BCUT2D eigenvalue weighted by atomic mass is 10.3. The molecule has 1 rings (SSSR count). The van der Waals surface area contributed by atoms with Crippen molar-refractivity contribution in [3.05, 3.63) is 30.3 Å². The average molecular weight is 209 g/mol. The van der Waals surface area contributed by atoms with Crippen LogP contribution in [-0.4, -0.2) is 11.1 Å². The maximum Gasteiger partial charge on any atom is 0.208 e. The number of nitrogens with one attached hydrogen (secondary N) is 2. The Hall–Kier alpha value is -1.82. The first kappa shape index (κ1) is 10.3. The maximum atomic E-state index is 5.11. The van der Waals surface area contributed by atoms with Crippen molar-refractivity contribution < 1.29 is 0 Å². The van der Waals surface area contributed by atoms with Gasteiger partial charge in [0, 0.05) is 5.69 Å². The highest BCUT2D eigenvalue weighted by molar-refractivity contribution is 7.80. The van der Waals surface area contributed by atoms with E-state index in [1.165, 1.54) is 0 Å². The van der Waals surface area contributed by atoms with Gasteiger partial charge in [0.25, 0.3) is 0 Å². The van der Waals surface area contributed by atoms with E-state index in [9.17, 15) is 0 Å². The normalized spacial score (nSPS) is 8.86. The van der Waals surface area contributed by atoms with Crippen molar-refractivity contribution >= 4 is 29.0 Å². The molecule has 6 heteroatoms. The number of hydrazone groups is 1. The number of para-hydroxylation sites is 1. The molecule has 0 bridgehead atoms. The summed E-state index contributed by atoms with van der Waals surface area (Å²) in [5.41, 5.74) is 13.6. The molecule has 74 valence electrons. The van der Waals surface area contributed by atoms with Crippen LogP contribution in [0.15, 0.2) is 35.4 Å². The van der Waals surface area contributed by atoms with E-state index in [0.29, 0.717) is 5.11 Å². The minimum atomic E-state index is -0.0674. The quantitative estimate of drug-likeness (QED) is 0.241. The van der Waals surface area contributed by atoms with Gasteiger partial charge in [-0.05, 0) is 24.4 Å². The number of benzene rings is 1. The summed E-state index contributed by atoms with van der Waals surface area (Å²) in [7, 11) is 0. The third-order valence-corrected chi connectivity index (χ3v) is 1.51. The molecule has 5 nitrogen and oxygen atoms in total. The third-order valence-electron chi connectivity index (χ3n) is 1.32. The zero-order valence-corrected chi connectivity index (χ0v) is 8.21. The average Bonchev–Trinajstić information content (AvgIpc) is 2.16. The van der Waals surface area contributed by atoms with Crippen molar-refractivity contribution in [1.29, 1.82) is 0 Å². The van der Waals surface area contributed by atoms with Gasteiger partial charge in [-0.25, -0.2) is 0 Å². The lowest BCUT2D eigenvalue weighted by molar-refractivity contribution is 1.03. The highest BCUT2D eigenvalue weighted by Crippen LogP contribution is 2.03. The first-order valence-electron chi connectivity index (χ1n) is 3.89. The van der Waals surface area contributed by atoms with Crippen molar-refractivity contribution in [2.75, 3.05) is 5.32 Å². The number of nitrogens with zero attached hydrogens (tertiary/aromatic N) is 1. The SMILES string of the molecule is NC(N)=NNC(=S)Nc1ccccc1. The molecule has 1 aromatic rings. The molecular formula is C8H11N5S. The standard InChI is InChI=1S/C8H11N5S/c9-7(10)12-13-8(14)11-6-4-2-1-3-5-6/h1-5H,(H4,9,10,12)(H2,11,13,14). The molecule has 0 spiro atoms. The molecule has 0 aromatic heterocycles. The molecule has 0 saturated carbocycles. The van der Waals surface area contributed by atoms with E-state index in [0.717, 1.165) is 5.69 Å². The minimum absolute atomic E-state index is 0.0674. The van der Waals surface area contributed by atoms with E-state index in [-0.39, 0.29) is 5.96 Å². The van der Waals surface area contributed by atoms with Crippen molar-refractivity contribution in [2.24, 2.45) is 16.6 Å². The molecule has 6 N–H and O–H groups in total. The summed E-state index contributed by atoms with van der Waals surface area (Å²) in [4.78, 5) is 0. The van der Waals surface area contributed by atoms with Gasteiger partial charge in [0.2, 0.25) is 5.96 Å². The van der Waals surface area contributed by atoms with E-state index >= 15 is 0 Å². The Morgan fingerprint density at radius 1 is 1.21 bits per heavy atom. The highest BCUT2D eigenvalue weighted by Gasteiger charge is 1.93. The molecule has 1 aromatic carbocycles. The molecule has 0 radical (unpaired) electrons. The van der Waals surface area contributed by atoms with Crippen molar-refractivity contribution in [1.82, 2.24) is 5.43 Å². The van der Waals surface area contributed by atoms with Gasteiger partial charge in [0.1, 0.15) is 0 Å². The maximum absolute atomic E-state index is 5.11. The molecule has 0 fully saturated rings. The van der Waals surface area contributed by atoms with Gasteiger partial charge in [-0.3, -0.25) is 5.43 Å². The molecule has 0 unspecified atom stereocenters. The lowest BCUT2D eigenvalue weighted by Gasteiger charge is -2.06. The first-order chi connectivity index (χ1) is 6.68. The molecule has 0 aliphatic carbocycles. The number of thiocarbonyl (C=S) groups is 1. The molecule has 0 aliphatic heterocycles.